The highest BCUT2D eigenvalue weighted by molar-refractivity contribution is 5.36. The topological polar surface area (TPSA) is 0 Å². The molecule has 0 aromatic rings. The van der Waals surface area contributed by atoms with Gasteiger partial charge in [0.2, 0.25) is 0 Å². The van der Waals surface area contributed by atoms with E-state index in [1.807, 2.05) is 0 Å². The zero-order chi connectivity index (χ0) is 9.14. The Labute approximate surface area is 75.7 Å². The normalized spacial score (nSPS) is 23.1. The number of hydrogen-bond donors (Lipinski definition) is 0. The van der Waals surface area contributed by atoms with Gasteiger partial charge in [-0.05, 0) is 38.2 Å². The van der Waals surface area contributed by atoms with E-state index in [1.54, 1.807) is 0 Å². The summed E-state index contributed by atoms with van der Waals surface area (Å²) in [5.74, 6) is 0.752. The van der Waals surface area contributed by atoms with Crippen LogP contribution < -0.4 is 0 Å². The summed E-state index contributed by atoms with van der Waals surface area (Å²) in [5.41, 5.74) is 4.16. The van der Waals surface area contributed by atoms with Crippen molar-refractivity contribution in [1.82, 2.24) is 0 Å². The van der Waals surface area contributed by atoms with Crippen LogP contribution in [0.2, 0.25) is 0 Å². The van der Waals surface area contributed by atoms with Crippen LogP contribution in [0, 0.1) is 5.92 Å². The van der Waals surface area contributed by atoms with Gasteiger partial charge in [-0.3, -0.25) is 0 Å². The van der Waals surface area contributed by atoms with Crippen LogP contribution in [-0.2, 0) is 0 Å². The maximum atomic E-state index is 3.98. The van der Waals surface area contributed by atoms with Gasteiger partial charge in [-0.25, -0.2) is 0 Å². The molecule has 0 heterocycles. The van der Waals surface area contributed by atoms with Crippen molar-refractivity contribution in [2.75, 3.05) is 0 Å². The first-order chi connectivity index (χ1) is 5.65. The molecular formula is C12H18. The predicted octanol–water partition coefficient (Wildman–Crippen LogP) is 3.87. The van der Waals surface area contributed by atoms with Gasteiger partial charge in [-0.1, -0.05) is 36.8 Å². The van der Waals surface area contributed by atoms with Gasteiger partial charge in [0.15, 0.2) is 0 Å². The lowest BCUT2D eigenvalue weighted by Gasteiger charge is -2.21. The molecule has 0 spiro atoms. The first-order valence-electron chi connectivity index (χ1n) is 4.68. The van der Waals surface area contributed by atoms with E-state index in [1.165, 1.54) is 29.6 Å². The molecule has 0 aromatic carbocycles. The molecule has 0 aliphatic heterocycles. The Morgan fingerprint density at radius 3 is 2.75 bits per heavy atom. The second-order valence-corrected chi connectivity index (χ2v) is 3.69. The summed E-state index contributed by atoms with van der Waals surface area (Å²) < 4.78 is 0. The average molecular weight is 162 g/mol. The monoisotopic (exact) mass is 162 g/mol. The molecule has 0 radical (unpaired) electrons. The summed E-state index contributed by atoms with van der Waals surface area (Å²) >= 11 is 0. The minimum Gasteiger partial charge on any atom is -0.0958 e. The van der Waals surface area contributed by atoms with Gasteiger partial charge >= 0.3 is 0 Å². The lowest BCUT2D eigenvalue weighted by atomic mass is 9.84. The van der Waals surface area contributed by atoms with Crippen molar-refractivity contribution >= 4 is 0 Å². The van der Waals surface area contributed by atoms with Gasteiger partial charge in [0.1, 0.15) is 0 Å². The molecule has 66 valence electrons. The number of hydrogen-bond acceptors (Lipinski definition) is 0. The molecule has 0 bridgehead atoms. The van der Waals surface area contributed by atoms with Gasteiger partial charge in [-0.2, -0.15) is 0 Å². The van der Waals surface area contributed by atoms with E-state index >= 15 is 0 Å². The minimum atomic E-state index is 0.752. The molecule has 0 saturated heterocycles. The highest BCUT2D eigenvalue weighted by atomic mass is 14.2. The van der Waals surface area contributed by atoms with Crippen LogP contribution in [0.4, 0.5) is 0 Å². The average Bonchev–Trinajstić information content (AvgIpc) is 2.05. The Kier molecular flexibility index (Phi) is 2.91. The van der Waals surface area contributed by atoms with Gasteiger partial charge in [0.05, 0.1) is 0 Å². The lowest BCUT2D eigenvalue weighted by Crippen LogP contribution is -2.06. The van der Waals surface area contributed by atoms with E-state index in [0.29, 0.717) is 0 Å². The molecule has 0 N–H and O–H groups in total. The largest absolute Gasteiger partial charge is 0.0958 e. The summed E-state index contributed by atoms with van der Waals surface area (Å²) in [5, 5.41) is 0. The van der Waals surface area contributed by atoms with Gasteiger partial charge in [0.25, 0.3) is 0 Å². The number of allylic oxidation sites excluding steroid dienone is 5. The minimum absolute atomic E-state index is 0.752. The third-order valence-corrected chi connectivity index (χ3v) is 2.70. The highest BCUT2D eigenvalue weighted by Crippen LogP contribution is 2.30. The van der Waals surface area contributed by atoms with Gasteiger partial charge in [0, 0.05) is 0 Å². The van der Waals surface area contributed by atoms with Crippen molar-refractivity contribution in [3.05, 3.63) is 35.5 Å². The van der Waals surface area contributed by atoms with Crippen molar-refractivity contribution in [1.29, 1.82) is 0 Å². The fraction of sp³-hybridized carbons (Fsp3) is 0.500. The highest BCUT2D eigenvalue weighted by Gasteiger charge is 2.14. The standard InChI is InChI=1S/C12H18/c1-5-11-8-12(9(2)3)7-6-10(11)4/h6-7,11H,2,5,8H2,1,3-4H3. The predicted molar refractivity (Wildman–Crippen MR) is 55.1 cm³/mol. The van der Waals surface area contributed by atoms with Crippen molar-refractivity contribution in [3.63, 3.8) is 0 Å². The van der Waals surface area contributed by atoms with E-state index in [4.69, 9.17) is 0 Å². The fourth-order valence-electron chi connectivity index (χ4n) is 1.65. The molecule has 0 nitrogen and oxygen atoms in total. The van der Waals surface area contributed by atoms with Crippen molar-refractivity contribution in [2.24, 2.45) is 5.92 Å². The Morgan fingerprint density at radius 1 is 1.58 bits per heavy atom. The van der Waals surface area contributed by atoms with Crippen LogP contribution in [0.1, 0.15) is 33.6 Å². The second-order valence-electron chi connectivity index (χ2n) is 3.69. The lowest BCUT2D eigenvalue weighted by molar-refractivity contribution is 0.581. The molecule has 1 rings (SSSR count). The van der Waals surface area contributed by atoms with E-state index < -0.39 is 0 Å². The van der Waals surface area contributed by atoms with Crippen LogP contribution in [0.15, 0.2) is 35.5 Å². The Morgan fingerprint density at radius 2 is 2.25 bits per heavy atom. The summed E-state index contributed by atoms with van der Waals surface area (Å²) in [6.45, 7) is 10.5. The Hall–Kier alpha value is -0.780. The second kappa shape index (κ2) is 3.75. The maximum Gasteiger partial charge on any atom is -0.0165 e. The quantitative estimate of drug-likeness (QED) is 0.578. The molecule has 1 unspecified atom stereocenters. The summed E-state index contributed by atoms with van der Waals surface area (Å²) in [4.78, 5) is 0. The molecule has 0 heteroatoms. The Bertz CT molecular complexity index is 241. The molecule has 0 amide bonds. The SMILES string of the molecule is C=C(C)C1=CC=C(C)C(CC)C1. The summed E-state index contributed by atoms with van der Waals surface area (Å²) in [7, 11) is 0. The zero-order valence-electron chi connectivity index (χ0n) is 8.35. The van der Waals surface area contributed by atoms with E-state index in [-0.39, 0.29) is 0 Å². The van der Waals surface area contributed by atoms with Crippen molar-refractivity contribution in [3.8, 4) is 0 Å². The Balaban J connectivity index is 2.79. The molecule has 12 heavy (non-hydrogen) atoms. The van der Waals surface area contributed by atoms with Gasteiger partial charge in [-0.15, -0.1) is 0 Å². The molecule has 0 fully saturated rings. The van der Waals surface area contributed by atoms with Crippen LogP contribution >= 0.6 is 0 Å². The number of rotatable bonds is 2. The maximum absolute atomic E-state index is 3.98. The van der Waals surface area contributed by atoms with E-state index in [2.05, 4.69) is 39.5 Å². The molecular weight excluding hydrogens is 144 g/mol. The van der Waals surface area contributed by atoms with Crippen LogP contribution in [-0.4, -0.2) is 0 Å². The zero-order valence-corrected chi connectivity index (χ0v) is 8.35. The summed E-state index contributed by atoms with van der Waals surface area (Å²) in [6.07, 6.45) is 6.88. The van der Waals surface area contributed by atoms with Crippen LogP contribution in [0.3, 0.4) is 0 Å². The fourth-order valence-corrected chi connectivity index (χ4v) is 1.65. The first-order valence-corrected chi connectivity index (χ1v) is 4.68. The van der Waals surface area contributed by atoms with Crippen LogP contribution in [0.5, 0.6) is 0 Å². The van der Waals surface area contributed by atoms with Gasteiger partial charge < -0.3 is 0 Å². The van der Waals surface area contributed by atoms with E-state index in [9.17, 15) is 0 Å². The third-order valence-electron chi connectivity index (χ3n) is 2.70. The van der Waals surface area contributed by atoms with E-state index in [0.717, 1.165) is 5.92 Å². The third kappa shape index (κ3) is 1.88. The van der Waals surface area contributed by atoms with Crippen molar-refractivity contribution in [2.45, 2.75) is 33.6 Å². The molecule has 1 aliphatic carbocycles. The molecule has 0 aromatic heterocycles. The summed E-state index contributed by atoms with van der Waals surface area (Å²) in [6, 6.07) is 0. The molecule has 1 aliphatic rings. The van der Waals surface area contributed by atoms with Crippen molar-refractivity contribution < 1.29 is 0 Å². The molecule has 1 atom stereocenters. The van der Waals surface area contributed by atoms with Crippen LogP contribution in [0.25, 0.3) is 0 Å². The molecule has 0 saturated carbocycles. The first kappa shape index (κ1) is 9.31. The smallest absolute Gasteiger partial charge is 0.0165 e.